The van der Waals surface area contributed by atoms with E-state index in [4.69, 9.17) is 0 Å². The van der Waals surface area contributed by atoms with E-state index in [-0.39, 0.29) is 5.91 Å². The van der Waals surface area contributed by atoms with Gasteiger partial charge in [-0.2, -0.15) is 0 Å². The average Bonchev–Trinajstić information content (AvgIpc) is 2.99. The second-order valence-electron chi connectivity index (χ2n) is 5.42. The summed E-state index contributed by atoms with van der Waals surface area (Å²) < 4.78 is 0.972. The third kappa shape index (κ3) is 4.40. The van der Waals surface area contributed by atoms with E-state index in [1.165, 1.54) is 6.42 Å². The van der Waals surface area contributed by atoms with Gasteiger partial charge in [-0.25, -0.2) is 0 Å². The highest BCUT2D eigenvalue weighted by molar-refractivity contribution is 8.00. The fourth-order valence-electron chi connectivity index (χ4n) is 2.68. The summed E-state index contributed by atoms with van der Waals surface area (Å²) in [6.45, 7) is 3.45. The van der Waals surface area contributed by atoms with Crippen molar-refractivity contribution in [2.45, 2.75) is 61.9 Å². The number of nitrogens with one attached hydrogen (secondary N) is 2. The molecule has 7 heteroatoms. The maximum atomic E-state index is 12.6. The highest BCUT2D eigenvalue weighted by atomic mass is 32.2. The van der Waals surface area contributed by atoms with Crippen LogP contribution >= 0.6 is 23.1 Å². The number of hydrogen-bond donors (Lipinski definition) is 2. The predicted molar refractivity (Wildman–Crippen MR) is 87.6 cm³/mol. The molecule has 0 saturated heterocycles. The summed E-state index contributed by atoms with van der Waals surface area (Å²) >= 11 is 3.20. The average molecular weight is 329 g/mol. The van der Waals surface area contributed by atoms with Crippen molar-refractivity contribution >= 4 is 29.0 Å². The van der Waals surface area contributed by atoms with Crippen LogP contribution in [0, 0.1) is 0 Å². The highest BCUT2D eigenvalue weighted by Gasteiger charge is 2.38. The van der Waals surface area contributed by atoms with Gasteiger partial charge in [-0.1, -0.05) is 49.3 Å². The molecule has 5 nitrogen and oxygen atoms in total. The van der Waals surface area contributed by atoms with E-state index in [2.05, 4.69) is 27.8 Å². The molecule has 0 radical (unpaired) electrons. The van der Waals surface area contributed by atoms with Gasteiger partial charge in [-0.15, -0.1) is 10.2 Å². The van der Waals surface area contributed by atoms with Crippen molar-refractivity contribution < 1.29 is 4.79 Å². The van der Waals surface area contributed by atoms with E-state index in [0.717, 1.165) is 48.0 Å². The van der Waals surface area contributed by atoms with Crippen LogP contribution in [0.25, 0.3) is 0 Å². The predicted octanol–water partition coefficient (Wildman–Crippen LogP) is 2.58. The van der Waals surface area contributed by atoms with Gasteiger partial charge in [0.25, 0.3) is 0 Å². The summed E-state index contributed by atoms with van der Waals surface area (Å²) in [6.07, 6.45) is 8.23. The zero-order chi connectivity index (χ0) is 15.1. The van der Waals surface area contributed by atoms with Gasteiger partial charge in [0.15, 0.2) is 4.34 Å². The highest BCUT2D eigenvalue weighted by Crippen LogP contribution is 2.29. The van der Waals surface area contributed by atoms with Gasteiger partial charge in [0.2, 0.25) is 5.91 Å². The Hall–Kier alpha value is -0.660. The largest absolute Gasteiger partial charge is 0.355 e. The van der Waals surface area contributed by atoms with E-state index >= 15 is 0 Å². The molecule has 21 heavy (non-hydrogen) atoms. The van der Waals surface area contributed by atoms with Crippen molar-refractivity contribution in [2.75, 3.05) is 12.8 Å². The first-order valence-electron chi connectivity index (χ1n) is 7.60. The number of aromatic nitrogens is 2. The molecule has 0 atom stereocenters. The minimum atomic E-state index is -0.418. The quantitative estimate of drug-likeness (QED) is 0.753. The fourth-order valence-corrected chi connectivity index (χ4v) is 3.94. The van der Waals surface area contributed by atoms with Gasteiger partial charge < -0.3 is 5.32 Å². The fraction of sp³-hybridized carbons (Fsp3) is 0.786. The molecule has 0 aromatic carbocycles. The zero-order valence-corrected chi connectivity index (χ0v) is 14.4. The summed E-state index contributed by atoms with van der Waals surface area (Å²) in [5.41, 5.74) is -0.418. The number of carbonyl (C=O) groups is 1. The molecule has 0 unspecified atom stereocenters. The summed E-state index contributed by atoms with van der Waals surface area (Å²) in [5, 5.41) is 15.8. The standard InChI is InChI=1S/C14H24N4OS2/c1-3-9-15-12(19)14(7-5-4-6-8-14)16-10-11-17-18-13(20-2)21-11/h16H,3-10H2,1-2H3,(H,15,19). The molecule has 1 aromatic rings. The lowest BCUT2D eigenvalue weighted by molar-refractivity contribution is -0.129. The van der Waals surface area contributed by atoms with Crippen molar-refractivity contribution in [2.24, 2.45) is 0 Å². The number of nitrogens with zero attached hydrogens (tertiary/aromatic N) is 2. The number of hydrogen-bond acceptors (Lipinski definition) is 6. The first kappa shape index (κ1) is 16.7. The van der Waals surface area contributed by atoms with Crippen LogP contribution in [0.1, 0.15) is 50.5 Å². The normalized spacial score (nSPS) is 17.6. The molecule has 1 fully saturated rings. The minimum absolute atomic E-state index is 0.152. The smallest absolute Gasteiger partial charge is 0.240 e. The van der Waals surface area contributed by atoms with E-state index in [0.29, 0.717) is 6.54 Å². The van der Waals surface area contributed by atoms with Crippen LogP contribution in [0.4, 0.5) is 0 Å². The Kier molecular flexibility index (Phi) is 6.44. The number of thioether (sulfide) groups is 1. The summed E-state index contributed by atoms with van der Waals surface area (Å²) in [6, 6.07) is 0. The Morgan fingerprint density at radius 3 is 2.71 bits per heavy atom. The van der Waals surface area contributed by atoms with Crippen LogP contribution in [-0.4, -0.2) is 34.4 Å². The second kappa shape index (κ2) is 8.10. The Morgan fingerprint density at radius 1 is 1.33 bits per heavy atom. The van der Waals surface area contributed by atoms with Gasteiger partial charge in [0.1, 0.15) is 5.01 Å². The molecule has 1 aromatic heterocycles. The number of carbonyl (C=O) groups excluding carboxylic acids is 1. The first-order valence-corrected chi connectivity index (χ1v) is 9.64. The Bertz CT molecular complexity index is 458. The maximum absolute atomic E-state index is 12.6. The van der Waals surface area contributed by atoms with Crippen LogP contribution in [0.15, 0.2) is 4.34 Å². The minimum Gasteiger partial charge on any atom is -0.355 e. The summed E-state index contributed by atoms with van der Waals surface area (Å²) in [4.78, 5) is 12.6. The van der Waals surface area contributed by atoms with Crippen LogP contribution in [-0.2, 0) is 11.3 Å². The molecule has 1 saturated carbocycles. The van der Waals surface area contributed by atoms with Crippen molar-refractivity contribution in [3.05, 3.63) is 5.01 Å². The summed E-state index contributed by atoms with van der Waals surface area (Å²) in [5.74, 6) is 0.152. The third-order valence-corrected chi connectivity index (χ3v) is 5.78. The van der Waals surface area contributed by atoms with Crippen molar-refractivity contribution in [3.63, 3.8) is 0 Å². The SMILES string of the molecule is CCCNC(=O)C1(NCc2nnc(SC)s2)CCCCC1. The van der Waals surface area contributed by atoms with Gasteiger partial charge in [-0.3, -0.25) is 10.1 Å². The number of rotatable bonds is 7. The van der Waals surface area contributed by atoms with E-state index < -0.39 is 5.54 Å². The topological polar surface area (TPSA) is 66.9 Å². The molecule has 2 N–H and O–H groups in total. The lowest BCUT2D eigenvalue weighted by atomic mass is 9.80. The lowest BCUT2D eigenvalue weighted by Gasteiger charge is -2.36. The van der Waals surface area contributed by atoms with Crippen LogP contribution in [0.3, 0.4) is 0 Å². The van der Waals surface area contributed by atoms with Gasteiger partial charge in [-0.05, 0) is 25.5 Å². The zero-order valence-electron chi connectivity index (χ0n) is 12.8. The van der Waals surface area contributed by atoms with Crippen molar-refractivity contribution in [3.8, 4) is 0 Å². The molecule has 1 heterocycles. The van der Waals surface area contributed by atoms with Gasteiger partial charge in [0.05, 0.1) is 12.1 Å². The Morgan fingerprint density at radius 2 is 2.10 bits per heavy atom. The second-order valence-corrected chi connectivity index (χ2v) is 7.53. The van der Waals surface area contributed by atoms with E-state index in [9.17, 15) is 4.79 Å². The molecule has 2 rings (SSSR count). The van der Waals surface area contributed by atoms with Crippen LogP contribution in [0.2, 0.25) is 0 Å². The molecule has 1 amide bonds. The first-order chi connectivity index (χ1) is 10.2. The third-order valence-electron chi connectivity index (χ3n) is 3.88. The molecule has 0 bridgehead atoms. The number of amides is 1. The monoisotopic (exact) mass is 328 g/mol. The van der Waals surface area contributed by atoms with Crippen LogP contribution < -0.4 is 10.6 Å². The molecular weight excluding hydrogens is 304 g/mol. The Balaban J connectivity index is 1.99. The molecule has 1 aliphatic carbocycles. The van der Waals surface area contributed by atoms with Crippen molar-refractivity contribution in [1.82, 2.24) is 20.8 Å². The van der Waals surface area contributed by atoms with E-state index in [1.54, 1.807) is 23.1 Å². The molecule has 118 valence electrons. The van der Waals surface area contributed by atoms with E-state index in [1.807, 2.05) is 6.26 Å². The van der Waals surface area contributed by atoms with Gasteiger partial charge >= 0.3 is 0 Å². The maximum Gasteiger partial charge on any atom is 0.240 e. The Labute approximate surface area is 134 Å². The molecule has 1 aliphatic rings. The van der Waals surface area contributed by atoms with Crippen LogP contribution in [0.5, 0.6) is 0 Å². The molecule has 0 spiro atoms. The molecular formula is C14H24N4OS2. The lowest BCUT2D eigenvalue weighted by Crippen LogP contribution is -2.57. The molecule has 0 aliphatic heterocycles. The van der Waals surface area contributed by atoms with Crippen molar-refractivity contribution in [1.29, 1.82) is 0 Å². The summed E-state index contributed by atoms with van der Waals surface area (Å²) in [7, 11) is 0. The van der Waals surface area contributed by atoms with Gasteiger partial charge in [0, 0.05) is 6.54 Å².